The summed E-state index contributed by atoms with van der Waals surface area (Å²) in [5.74, 6) is 0. The number of hydrogen-bond donors (Lipinski definition) is 2. The molecule has 1 aromatic carbocycles. The van der Waals surface area contributed by atoms with Crippen molar-refractivity contribution in [1.29, 1.82) is 0 Å². The van der Waals surface area contributed by atoms with Gasteiger partial charge in [0.2, 0.25) is 0 Å². The van der Waals surface area contributed by atoms with E-state index in [1.54, 1.807) is 4.90 Å². The van der Waals surface area contributed by atoms with E-state index in [4.69, 9.17) is 14.7 Å². The molecule has 0 aromatic heterocycles. The number of nitrogens with one attached hydrogen (secondary N) is 1. The number of rotatable bonds is 4. The van der Waals surface area contributed by atoms with Gasteiger partial charge in [-0.05, 0) is 23.1 Å². The Morgan fingerprint density at radius 1 is 1.35 bits per heavy atom. The van der Waals surface area contributed by atoms with Gasteiger partial charge < -0.3 is 24.9 Å². The van der Waals surface area contributed by atoms with Crippen LogP contribution in [0, 0.1) is 0 Å². The summed E-state index contributed by atoms with van der Waals surface area (Å²) in [5.41, 5.74) is 4.08. The smallest absolute Gasteiger partial charge is 0.409 e. The lowest BCUT2D eigenvalue weighted by molar-refractivity contribution is 0.0841. The minimum Gasteiger partial charge on any atom is -0.465 e. The number of carboxylic acid groups (broad SMARTS) is 1. The quantitative estimate of drug-likeness (QED) is 0.859. The molecule has 2 heterocycles. The zero-order valence-corrected chi connectivity index (χ0v) is 14.5. The molecule has 0 bridgehead atoms. The fourth-order valence-electron chi connectivity index (χ4n) is 3.01. The van der Waals surface area contributed by atoms with Crippen LogP contribution in [0.25, 0.3) is 5.57 Å². The average molecular weight is 359 g/mol. The van der Waals surface area contributed by atoms with Crippen LogP contribution in [0.4, 0.5) is 9.59 Å². The van der Waals surface area contributed by atoms with Crippen molar-refractivity contribution in [2.24, 2.45) is 5.16 Å². The van der Waals surface area contributed by atoms with Gasteiger partial charge in [0.1, 0.15) is 0 Å². The summed E-state index contributed by atoms with van der Waals surface area (Å²) in [6.45, 7) is 1.39. The third-order valence-electron chi connectivity index (χ3n) is 4.44. The van der Waals surface area contributed by atoms with Gasteiger partial charge in [0.25, 0.3) is 0 Å². The lowest BCUT2D eigenvalue weighted by atomic mass is 9.96. The predicted molar refractivity (Wildman–Crippen MR) is 95.1 cm³/mol. The average Bonchev–Trinajstić information content (AvgIpc) is 3.15. The number of ether oxygens (including phenoxy) is 1. The van der Waals surface area contributed by atoms with Gasteiger partial charge in [0, 0.05) is 19.5 Å². The van der Waals surface area contributed by atoms with Gasteiger partial charge in [0.15, 0.2) is 6.10 Å². The Balaban J connectivity index is 1.59. The first kappa shape index (κ1) is 17.8. The highest BCUT2D eigenvalue weighted by molar-refractivity contribution is 6.01. The first-order chi connectivity index (χ1) is 12.6. The molecule has 0 unspecified atom stereocenters. The van der Waals surface area contributed by atoms with Crippen molar-refractivity contribution < 1.29 is 24.3 Å². The number of methoxy groups -OCH3 is 1. The van der Waals surface area contributed by atoms with Crippen molar-refractivity contribution in [1.82, 2.24) is 10.2 Å². The number of carbonyl (C=O) groups excluding carboxylic acids is 1. The molecule has 3 rings (SSSR count). The van der Waals surface area contributed by atoms with E-state index in [0.717, 1.165) is 23.3 Å². The number of carbonyl (C=O) groups is 2. The second-order valence-corrected chi connectivity index (χ2v) is 6.13. The number of nitrogens with zero attached hydrogens (tertiary/aromatic N) is 2. The Hall–Kier alpha value is -3.03. The van der Waals surface area contributed by atoms with E-state index in [0.29, 0.717) is 19.5 Å². The molecule has 2 aliphatic heterocycles. The number of oxime groups is 1. The maximum atomic E-state index is 11.5. The molecule has 8 heteroatoms. The SMILES string of the molecule is COC(=O)N1CC=C(c2ccc(C3=NO[C@@H](CNC(=O)O)C3)cc2)CC1. The monoisotopic (exact) mass is 359 g/mol. The van der Waals surface area contributed by atoms with Crippen LogP contribution in [0.5, 0.6) is 0 Å². The van der Waals surface area contributed by atoms with Gasteiger partial charge in [0.05, 0.1) is 19.4 Å². The Kier molecular flexibility index (Phi) is 5.40. The normalized spacial score (nSPS) is 19.3. The number of benzene rings is 1. The Bertz CT molecular complexity index is 742. The van der Waals surface area contributed by atoms with Gasteiger partial charge in [-0.2, -0.15) is 0 Å². The largest absolute Gasteiger partial charge is 0.465 e. The molecule has 0 aliphatic carbocycles. The van der Waals surface area contributed by atoms with Crippen LogP contribution in [-0.2, 0) is 9.57 Å². The standard InChI is InChI=1S/C18H21N3O5/c1-25-18(24)21-8-6-13(7-9-21)12-2-4-14(5-3-12)16-10-15(26-20-16)11-19-17(22)23/h2-6,15,19H,7-11H2,1H3,(H,22,23)/t15-/m1/s1. The van der Waals surface area contributed by atoms with Crippen LogP contribution in [0.15, 0.2) is 35.5 Å². The fourth-order valence-corrected chi connectivity index (χ4v) is 3.01. The molecule has 1 atom stereocenters. The summed E-state index contributed by atoms with van der Waals surface area (Å²) in [5, 5.41) is 15.0. The van der Waals surface area contributed by atoms with E-state index in [9.17, 15) is 9.59 Å². The number of hydrogen-bond acceptors (Lipinski definition) is 5. The molecule has 2 amide bonds. The zero-order valence-electron chi connectivity index (χ0n) is 14.5. The summed E-state index contributed by atoms with van der Waals surface area (Å²) in [4.78, 5) is 29.0. The van der Waals surface area contributed by atoms with Crippen LogP contribution >= 0.6 is 0 Å². The summed E-state index contributed by atoms with van der Waals surface area (Å²) in [7, 11) is 1.39. The minimum atomic E-state index is -1.07. The lowest BCUT2D eigenvalue weighted by Crippen LogP contribution is -2.34. The highest BCUT2D eigenvalue weighted by Crippen LogP contribution is 2.24. The molecular weight excluding hydrogens is 338 g/mol. The van der Waals surface area contributed by atoms with Crippen LogP contribution in [0.2, 0.25) is 0 Å². The Labute approximate surface area is 151 Å². The van der Waals surface area contributed by atoms with Crippen LogP contribution < -0.4 is 5.32 Å². The first-order valence-electron chi connectivity index (χ1n) is 8.39. The Morgan fingerprint density at radius 3 is 2.69 bits per heavy atom. The van der Waals surface area contributed by atoms with E-state index in [1.165, 1.54) is 12.7 Å². The molecule has 26 heavy (non-hydrogen) atoms. The van der Waals surface area contributed by atoms with Crippen molar-refractivity contribution in [2.45, 2.75) is 18.9 Å². The molecule has 0 saturated heterocycles. The van der Waals surface area contributed by atoms with Crippen LogP contribution in [0.1, 0.15) is 24.0 Å². The van der Waals surface area contributed by atoms with Gasteiger partial charge >= 0.3 is 12.2 Å². The molecule has 0 radical (unpaired) electrons. The second kappa shape index (κ2) is 7.90. The van der Waals surface area contributed by atoms with E-state index >= 15 is 0 Å². The van der Waals surface area contributed by atoms with Crippen molar-refractivity contribution in [3.05, 3.63) is 41.5 Å². The van der Waals surface area contributed by atoms with Gasteiger partial charge in [-0.15, -0.1) is 0 Å². The highest BCUT2D eigenvalue weighted by Gasteiger charge is 2.23. The number of amides is 2. The predicted octanol–water partition coefficient (Wildman–Crippen LogP) is 2.30. The molecule has 2 N–H and O–H groups in total. The van der Waals surface area contributed by atoms with Crippen LogP contribution in [0.3, 0.4) is 0 Å². The summed E-state index contributed by atoms with van der Waals surface area (Å²) >= 11 is 0. The third-order valence-corrected chi connectivity index (χ3v) is 4.44. The van der Waals surface area contributed by atoms with Crippen LogP contribution in [-0.4, -0.2) is 60.8 Å². The molecule has 0 fully saturated rings. The van der Waals surface area contributed by atoms with Crippen molar-refractivity contribution in [2.75, 3.05) is 26.7 Å². The summed E-state index contributed by atoms with van der Waals surface area (Å²) in [6.07, 6.45) is 1.74. The maximum Gasteiger partial charge on any atom is 0.409 e. The summed E-state index contributed by atoms with van der Waals surface area (Å²) in [6, 6.07) is 8.02. The third kappa shape index (κ3) is 4.14. The van der Waals surface area contributed by atoms with Crippen molar-refractivity contribution in [3.63, 3.8) is 0 Å². The molecule has 2 aliphatic rings. The second-order valence-electron chi connectivity index (χ2n) is 6.13. The Morgan fingerprint density at radius 2 is 2.08 bits per heavy atom. The van der Waals surface area contributed by atoms with Crippen molar-refractivity contribution in [3.8, 4) is 0 Å². The highest BCUT2D eigenvalue weighted by atomic mass is 16.6. The van der Waals surface area contributed by atoms with Gasteiger partial charge in [-0.1, -0.05) is 35.5 Å². The van der Waals surface area contributed by atoms with E-state index in [-0.39, 0.29) is 18.7 Å². The molecule has 1 aromatic rings. The van der Waals surface area contributed by atoms with Gasteiger partial charge in [-0.3, -0.25) is 0 Å². The first-order valence-corrected chi connectivity index (χ1v) is 8.39. The molecule has 0 saturated carbocycles. The summed E-state index contributed by atoms with van der Waals surface area (Å²) < 4.78 is 4.74. The maximum absolute atomic E-state index is 11.5. The van der Waals surface area contributed by atoms with Gasteiger partial charge in [-0.25, -0.2) is 9.59 Å². The molecule has 0 spiro atoms. The van der Waals surface area contributed by atoms with E-state index in [1.807, 2.05) is 30.3 Å². The van der Waals surface area contributed by atoms with E-state index in [2.05, 4.69) is 10.5 Å². The van der Waals surface area contributed by atoms with E-state index < -0.39 is 6.09 Å². The lowest BCUT2D eigenvalue weighted by Gasteiger charge is -2.25. The minimum absolute atomic E-state index is 0.212. The van der Waals surface area contributed by atoms with Crippen molar-refractivity contribution >= 4 is 23.5 Å². The topological polar surface area (TPSA) is 100 Å². The molecule has 8 nitrogen and oxygen atoms in total. The fraction of sp³-hybridized carbons (Fsp3) is 0.389. The molecule has 138 valence electrons. The molecular formula is C18H21N3O5. The zero-order chi connectivity index (χ0) is 18.5.